The van der Waals surface area contributed by atoms with E-state index in [1.807, 2.05) is 6.92 Å². The van der Waals surface area contributed by atoms with E-state index in [9.17, 15) is 62.8 Å². The number of carbonyl (C=O) groups is 4. The third kappa shape index (κ3) is 16.1. The standard InChI is InChI=1S/C39H66N2O18S.2Na/c1-5-23-16-24(25(44)12-9-13-40-29(45)14-19(2)60(52,53)54)17-26(35(23)59-39-34(49)33(48)31(46)20(3)55-39)57-38-30(41-21(4)43)36(32(47)28(18-42)58-38)56-27(37(50)51)15-22-10-7-6-8-11-22;;/h19-20,22-24,26-28,30-36,38-39,42,46-49H,5-18H2,1-4H3,(H,40,45)(H,41,43)(H,50,51)(H,52,53,54);;/q;2*+1/p-2/t19?,20?,23?,24?,26-,27+,28?,30?,31-,32+,33?,34+,35-,36?,38-,39+;;/m1../s1. The van der Waals surface area contributed by atoms with Gasteiger partial charge in [0, 0.05) is 32.2 Å². The number of rotatable bonds is 20. The van der Waals surface area contributed by atoms with E-state index in [-0.39, 0.29) is 109 Å². The Morgan fingerprint density at radius 3 is 2.15 bits per heavy atom. The predicted molar refractivity (Wildman–Crippen MR) is 204 cm³/mol. The SMILES string of the molecule is CCC1CC(C(=O)CCCNC(=O)CC(C)S(=O)(=O)[O-])C[C@@H](O[C@@H]2OC(CO)[C@H](O)C(O[C@@H](CC3CCCCC3)C(=O)[O-])C2NC(C)=O)[C@@H]1O[C@@H]1OC(C)[C@@H](O)C(O)[C@@H]1O.[Na+].[Na+]. The summed E-state index contributed by atoms with van der Waals surface area (Å²) < 4.78 is 64.4. The summed E-state index contributed by atoms with van der Waals surface area (Å²) >= 11 is 0. The summed E-state index contributed by atoms with van der Waals surface area (Å²) in [5, 5.41) is 69.7. The second-order valence-corrected chi connectivity index (χ2v) is 18.6. The van der Waals surface area contributed by atoms with E-state index < -0.39 is 138 Å². The van der Waals surface area contributed by atoms with Crippen LogP contribution in [0.2, 0.25) is 0 Å². The van der Waals surface area contributed by atoms with Crippen LogP contribution in [0.1, 0.15) is 105 Å². The Labute approximate surface area is 407 Å². The maximum Gasteiger partial charge on any atom is 1.00 e. The van der Waals surface area contributed by atoms with Gasteiger partial charge in [0.25, 0.3) is 0 Å². The molecule has 4 rings (SSSR count). The molecule has 346 valence electrons. The van der Waals surface area contributed by atoms with Crippen molar-refractivity contribution in [2.45, 2.75) is 190 Å². The van der Waals surface area contributed by atoms with Crippen molar-refractivity contribution < 1.29 is 146 Å². The maximum atomic E-state index is 13.8. The molecule has 4 fully saturated rings. The molecule has 4 aliphatic rings. The molecule has 2 saturated heterocycles. The van der Waals surface area contributed by atoms with Gasteiger partial charge in [-0.15, -0.1) is 0 Å². The van der Waals surface area contributed by atoms with Crippen LogP contribution in [0, 0.1) is 17.8 Å². The second-order valence-electron chi connectivity index (χ2n) is 16.8. The zero-order chi connectivity index (χ0) is 44.5. The summed E-state index contributed by atoms with van der Waals surface area (Å²) in [6.07, 6.45) is -12.1. The smallest absolute Gasteiger partial charge is 0.748 e. The van der Waals surface area contributed by atoms with Gasteiger partial charge in [0.1, 0.15) is 48.4 Å². The van der Waals surface area contributed by atoms with E-state index in [2.05, 4.69) is 10.6 Å². The Morgan fingerprint density at radius 1 is 0.903 bits per heavy atom. The molecule has 2 aliphatic carbocycles. The number of aliphatic hydroxyl groups is 5. The van der Waals surface area contributed by atoms with E-state index in [1.165, 1.54) is 13.8 Å². The third-order valence-electron chi connectivity index (χ3n) is 12.3. The van der Waals surface area contributed by atoms with Crippen molar-refractivity contribution in [3.63, 3.8) is 0 Å². The first kappa shape index (κ1) is 57.7. The molecule has 62 heavy (non-hydrogen) atoms. The first-order valence-electron chi connectivity index (χ1n) is 21.1. The van der Waals surface area contributed by atoms with Gasteiger partial charge in [-0.2, -0.15) is 0 Å². The minimum Gasteiger partial charge on any atom is -0.748 e. The van der Waals surface area contributed by atoms with Crippen molar-refractivity contribution in [2.24, 2.45) is 17.8 Å². The zero-order valence-corrected chi connectivity index (χ0v) is 41.5. The fourth-order valence-electron chi connectivity index (χ4n) is 8.75. The fourth-order valence-corrected chi connectivity index (χ4v) is 9.10. The van der Waals surface area contributed by atoms with Crippen LogP contribution in [0.4, 0.5) is 0 Å². The molecule has 0 bridgehead atoms. The van der Waals surface area contributed by atoms with Crippen molar-refractivity contribution >= 4 is 33.7 Å². The topological polar surface area (TPSA) is 320 Å². The molecule has 7 N–H and O–H groups in total. The number of aliphatic hydroxyl groups excluding tert-OH is 5. The molecular formula is C39H64N2Na2O18S. The summed E-state index contributed by atoms with van der Waals surface area (Å²) in [6, 6.07) is -1.37. The van der Waals surface area contributed by atoms with Gasteiger partial charge in [0.2, 0.25) is 11.8 Å². The molecule has 8 unspecified atom stereocenters. The van der Waals surface area contributed by atoms with Gasteiger partial charge < -0.3 is 74.3 Å². The van der Waals surface area contributed by atoms with Crippen molar-refractivity contribution in [2.75, 3.05) is 13.2 Å². The number of carboxylic acids is 1. The third-order valence-corrected chi connectivity index (χ3v) is 13.4. The largest absolute Gasteiger partial charge is 1.00 e. The Morgan fingerprint density at radius 2 is 1.56 bits per heavy atom. The average Bonchev–Trinajstić information content (AvgIpc) is 3.19. The number of nitrogens with one attached hydrogen (secondary N) is 2. The van der Waals surface area contributed by atoms with Crippen LogP contribution >= 0.6 is 0 Å². The maximum absolute atomic E-state index is 13.8. The molecule has 2 aliphatic heterocycles. The number of aliphatic carboxylic acids is 1. The van der Waals surface area contributed by atoms with Crippen LogP contribution in [0.25, 0.3) is 0 Å². The summed E-state index contributed by atoms with van der Waals surface area (Å²) in [7, 11) is -4.66. The predicted octanol–water partition coefficient (Wildman–Crippen LogP) is -8.13. The van der Waals surface area contributed by atoms with Crippen LogP contribution in [0.3, 0.4) is 0 Å². The first-order valence-corrected chi connectivity index (χ1v) is 22.5. The van der Waals surface area contributed by atoms with Crippen LogP contribution in [-0.2, 0) is 53.0 Å². The molecule has 23 heteroatoms. The summed E-state index contributed by atoms with van der Waals surface area (Å²) in [4.78, 5) is 51.1. The van der Waals surface area contributed by atoms with Gasteiger partial charge in [0.15, 0.2) is 12.6 Å². The van der Waals surface area contributed by atoms with Crippen molar-refractivity contribution in [3.05, 3.63) is 0 Å². The van der Waals surface area contributed by atoms with E-state index in [0.717, 1.165) is 39.0 Å². The fraction of sp³-hybridized carbons (Fsp3) is 0.897. The Bertz CT molecular complexity index is 1540. The van der Waals surface area contributed by atoms with Crippen LogP contribution in [0.5, 0.6) is 0 Å². The summed E-state index contributed by atoms with van der Waals surface area (Å²) in [5.74, 6) is -4.18. The minimum atomic E-state index is -4.66. The van der Waals surface area contributed by atoms with Gasteiger partial charge >= 0.3 is 59.1 Å². The first-order chi connectivity index (χ1) is 28.2. The second kappa shape index (κ2) is 26.8. The molecule has 2 saturated carbocycles. The molecule has 0 radical (unpaired) electrons. The molecule has 0 aromatic rings. The Kier molecular flexibility index (Phi) is 25.0. The Hall–Kier alpha value is -0.410. The molecule has 0 aromatic carbocycles. The molecule has 2 heterocycles. The number of Topliss-reactive ketones (excluding diaryl/α,β-unsaturated/α-hetero) is 1. The van der Waals surface area contributed by atoms with E-state index in [1.54, 1.807) is 0 Å². The number of hydrogen-bond donors (Lipinski definition) is 7. The monoisotopic (exact) mass is 926 g/mol. The van der Waals surface area contributed by atoms with Crippen LogP contribution in [-0.4, -0.2) is 160 Å². The summed E-state index contributed by atoms with van der Waals surface area (Å²) in [6.45, 7) is 4.87. The van der Waals surface area contributed by atoms with E-state index >= 15 is 0 Å². The van der Waals surface area contributed by atoms with Crippen LogP contribution in [0.15, 0.2) is 0 Å². The van der Waals surface area contributed by atoms with E-state index in [4.69, 9.17) is 23.7 Å². The van der Waals surface area contributed by atoms with Crippen LogP contribution < -0.4 is 74.9 Å². The number of carbonyl (C=O) groups excluding carboxylic acids is 4. The molecule has 20 nitrogen and oxygen atoms in total. The molecular weight excluding hydrogens is 862 g/mol. The molecule has 0 spiro atoms. The number of ether oxygens (including phenoxy) is 5. The average molecular weight is 927 g/mol. The molecule has 2 amide bonds. The number of amides is 2. The van der Waals surface area contributed by atoms with Crippen molar-refractivity contribution in [1.29, 1.82) is 0 Å². The number of hydrogen-bond acceptors (Lipinski definition) is 18. The van der Waals surface area contributed by atoms with Gasteiger partial charge in [-0.3, -0.25) is 14.4 Å². The van der Waals surface area contributed by atoms with Crippen molar-refractivity contribution in [3.8, 4) is 0 Å². The summed E-state index contributed by atoms with van der Waals surface area (Å²) in [5.41, 5.74) is 0. The van der Waals surface area contributed by atoms with Gasteiger partial charge in [-0.25, -0.2) is 8.42 Å². The molecule has 16 atom stereocenters. The Balaban J connectivity index is 0.00000661. The van der Waals surface area contributed by atoms with E-state index in [0.29, 0.717) is 6.42 Å². The molecule has 0 aromatic heterocycles. The van der Waals surface area contributed by atoms with Gasteiger partial charge in [0.05, 0.1) is 52.4 Å². The van der Waals surface area contributed by atoms with Crippen molar-refractivity contribution in [1.82, 2.24) is 10.6 Å². The number of ketones is 1. The minimum absolute atomic E-state index is 0. The van der Waals surface area contributed by atoms with Gasteiger partial charge in [-0.1, -0.05) is 45.4 Å². The quantitative estimate of drug-likeness (QED) is 0.0339. The normalized spacial score (nSPS) is 35.3. The van der Waals surface area contributed by atoms with Gasteiger partial charge in [-0.05, 0) is 51.4 Å². The zero-order valence-electron chi connectivity index (χ0n) is 36.7. The number of carboxylic acid groups (broad SMARTS) is 1.